The van der Waals surface area contributed by atoms with Crippen molar-refractivity contribution in [3.05, 3.63) is 58.9 Å². The van der Waals surface area contributed by atoms with Gasteiger partial charge in [0, 0.05) is 55.7 Å². The molecule has 3 aliphatic rings. The number of rotatable bonds is 4. The summed E-state index contributed by atoms with van der Waals surface area (Å²) in [5.41, 5.74) is 3.22. The van der Waals surface area contributed by atoms with Crippen molar-refractivity contribution in [2.75, 3.05) is 26.7 Å². The van der Waals surface area contributed by atoms with Gasteiger partial charge in [0.1, 0.15) is 17.7 Å². The van der Waals surface area contributed by atoms with Crippen molar-refractivity contribution in [2.45, 2.75) is 38.2 Å². The average Bonchev–Trinajstić information content (AvgIpc) is 3.34. The minimum absolute atomic E-state index is 0.0101. The maximum absolute atomic E-state index is 13.3. The molecule has 1 fully saturated rings. The zero-order valence-electron chi connectivity index (χ0n) is 19.9. The van der Waals surface area contributed by atoms with E-state index in [0.29, 0.717) is 30.6 Å². The lowest BCUT2D eigenvalue weighted by atomic mass is 9.97. The van der Waals surface area contributed by atoms with Crippen LogP contribution >= 0.6 is 0 Å². The highest BCUT2D eigenvalue weighted by Gasteiger charge is 2.45. The SMILES string of the molecule is CC(C#Cc1ccc2nc3n(c2c1)C1CC3N(C)C(=O)c2cccc(OC(F)F)c21)CN1CC(F)C1. The highest BCUT2D eigenvalue weighted by molar-refractivity contribution is 5.97. The first kappa shape index (κ1) is 22.9. The van der Waals surface area contributed by atoms with E-state index in [4.69, 9.17) is 9.72 Å². The van der Waals surface area contributed by atoms with Crippen LogP contribution in [0.5, 0.6) is 5.75 Å². The second-order valence-corrected chi connectivity index (χ2v) is 9.81. The number of carbonyl (C=O) groups excluding carboxylic acids is 1. The van der Waals surface area contributed by atoms with E-state index in [2.05, 4.69) is 16.7 Å². The molecule has 186 valence electrons. The molecule has 1 amide bonds. The van der Waals surface area contributed by atoms with E-state index < -0.39 is 12.8 Å². The zero-order valence-corrected chi connectivity index (χ0v) is 19.9. The van der Waals surface area contributed by atoms with Crippen molar-refractivity contribution in [2.24, 2.45) is 5.92 Å². The molecule has 0 aliphatic carbocycles. The Morgan fingerprint density at radius 1 is 1.19 bits per heavy atom. The minimum Gasteiger partial charge on any atom is -0.434 e. The van der Waals surface area contributed by atoms with Gasteiger partial charge in [-0.25, -0.2) is 9.37 Å². The van der Waals surface area contributed by atoms with Gasteiger partial charge in [-0.2, -0.15) is 8.78 Å². The molecule has 3 atom stereocenters. The number of carbonyl (C=O) groups is 1. The first-order chi connectivity index (χ1) is 17.3. The van der Waals surface area contributed by atoms with Crippen molar-refractivity contribution in [3.8, 4) is 17.6 Å². The normalized spacial score (nSPS) is 22.1. The van der Waals surface area contributed by atoms with Gasteiger partial charge in [-0.1, -0.05) is 24.8 Å². The average molecular weight is 495 g/mol. The summed E-state index contributed by atoms with van der Waals surface area (Å²) in [6.45, 7) is 0.691. The molecule has 0 N–H and O–H groups in total. The Morgan fingerprint density at radius 3 is 2.75 bits per heavy atom. The Balaban J connectivity index is 1.41. The highest BCUT2D eigenvalue weighted by atomic mass is 19.3. The molecule has 6 rings (SSSR count). The summed E-state index contributed by atoms with van der Waals surface area (Å²) >= 11 is 0. The third-order valence-electron chi connectivity index (χ3n) is 7.31. The van der Waals surface area contributed by atoms with Crippen LogP contribution in [-0.4, -0.2) is 64.7 Å². The zero-order chi connectivity index (χ0) is 25.1. The third-order valence-corrected chi connectivity index (χ3v) is 7.31. The minimum atomic E-state index is -3.00. The van der Waals surface area contributed by atoms with Gasteiger partial charge >= 0.3 is 6.61 Å². The van der Waals surface area contributed by atoms with Crippen LogP contribution in [0.3, 0.4) is 0 Å². The lowest BCUT2D eigenvalue weighted by molar-refractivity contribution is -0.0507. The highest BCUT2D eigenvalue weighted by Crippen LogP contribution is 2.49. The maximum atomic E-state index is 13.3. The molecule has 9 heteroatoms. The van der Waals surface area contributed by atoms with Gasteiger partial charge in [-0.05, 0) is 30.3 Å². The number of fused-ring (bicyclic) bond motifs is 9. The number of aromatic nitrogens is 2. The van der Waals surface area contributed by atoms with Crippen LogP contribution in [-0.2, 0) is 0 Å². The molecular weight excluding hydrogens is 469 g/mol. The van der Waals surface area contributed by atoms with Crippen LogP contribution in [0, 0.1) is 17.8 Å². The molecule has 1 aromatic heterocycles. The van der Waals surface area contributed by atoms with Gasteiger partial charge in [0.05, 0.1) is 23.1 Å². The van der Waals surface area contributed by atoms with Crippen molar-refractivity contribution >= 4 is 16.9 Å². The maximum Gasteiger partial charge on any atom is 0.387 e. The molecular formula is C27H25F3N4O2. The summed E-state index contributed by atoms with van der Waals surface area (Å²) in [7, 11) is 1.72. The van der Waals surface area contributed by atoms with E-state index in [1.54, 1.807) is 24.1 Å². The Kier molecular flexibility index (Phi) is 5.45. The van der Waals surface area contributed by atoms with Gasteiger partial charge < -0.3 is 14.2 Å². The number of halogens is 3. The monoisotopic (exact) mass is 494 g/mol. The predicted octanol–water partition coefficient (Wildman–Crippen LogP) is 4.40. The van der Waals surface area contributed by atoms with Crippen molar-refractivity contribution < 1.29 is 22.7 Å². The second kappa shape index (κ2) is 8.56. The number of amides is 1. The summed E-state index contributed by atoms with van der Waals surface area (Å²) in [4.78, 5) is 21.7. The van der Waals surface area contributed by atoms with E-state index in [0.717, 1.165) is 29.0 Å². The van der Waals surface area contributed by atoms with Gasteiger partial charge in [-0.15, -0.1) is 0 Å². The molecule has 0 radical (unpaired) electrons. The van der Waals surface area contributed by atoms with Gasteiger partial charge in [0.25, 0.3) is 5.91 Å². The van der Waals surface area contributed by atoms with Crippen molar-refractivity contribution in [1.82, 2.24) is 19.4 Å². The standard InChI is InChI=1S/C27H25F3N4O2/c1-15(12-33-13-17(28)14-33)6-7-16-8-9-19-20(10-16)34-21-11-22(25(34)31-19)32(2)26(35)18-4-3-5-23(24(18)21)36-27(29)30/h3-5,8-10,15,17,21-22,27H,11-14H2,1-2H3. The quantitative estimate of drug-likeness (QED) is 0.505. The third kappa shape index (κ3) is 3.71. The molecule has 2 aromatic carbocycles. The number of ether oxygens (including phenoxy) is 1. The van der Waals surface area contributed by atoms with Crippen LogP contribution in [0.1, 0.15) is 52.7 Å². The summed E-state index contributed by atoms with van der Waals surface area (Å²) in [6.07, 6.45) is -0.207. The molecule has 36 heavy (non-hydrogen) atoms. The number of imidazole rings is 1. The number of hydrogen-bond acceptors (Lipinski definition) is 4. The fourth-order valence-corrected chi connectivity index (χ4v) is 5.65. The van der Waals surface area contributed by atoms with Crippen LogP contribution in [0.15, 0.2) is 36.4 Å². The van der Waals surface area contributed by atoms with Gasteiger partial charge in [0.2, 0.25) is 0 Å². The molecule has 1 saturated heterocycles. The van der Waals surface area contributed by atoms with E-state index in [1.165, 1.54) is 6.07 Å². The number of hydrogen-bond donors (Lipinski definition) is 0. The Bertz CT molecular complexity index is 1420. The van der Waals surface area contributed by atoms with Crippen LogP contribution < -0.4 is 4.74 Å². The lowest BCUT2D eigenvalue weighted by Crippen LogP contribution is -2.49. The summed E-state index contributed by atoms with van der Waals surface area (Å²) < 4.78 is 46.5. The topological polar surface area (TPSA) is 50.6 Å². The number of nitrogens with zero attached hydrogens (tertiary/aromatic N) is 4. The molecule has 4 heterocycles. The van der Waals surface area contributed by atoms with E-state index >= 15 is 0 Å². The van der Waals surface area contributed by atoms with Crippen LogP contribution in [0.2, 0.25) is 0 Å². The van der Waals surface area contributed by atoms with Gasteiger partial charge in [-0.3, -0.25) is 9.69 Å². The van der Waals surface area contributed by atoms with E-state index in [-0.39, 0.29) is 29.7 Å². The van der Waals surface area contributed by atoms with E-state index in [1.807, 2.05) is 29.7 Å². The number of likely N-dealkylation sites (tertiary alicyclic amines) is 1. The molecule has 3 unspecified atom stereocenters. The van der Waals surface area contributed by atoms with Crippen molar-refractivity contribution in [1.29, 1.82) is 0 Å². The summed E-state index contributed by atoms with van der Waals surface area (Å²) in [5.74, 6) is 7.06. The largest absolute Gasteiger partial charge is 0.434 e. The number of alkyl halides is 3. The fourth-order valence-electron chi connectivity index (χ4n) is 5.65. The second-order valence-electron chi connectivity index (χ2n) is 9.81. The van der Waals surface area contributed by atoms with E-state index in [9.17, 15) is 18.0 Å². The summed E-state index contributed by atoms with van der Waals surface area (Å²) in [5, 5.41) is 0. The smallest absolute Gasteiger partial charge is 0.387 e. The summed E-state index contributed by atoms with van der Waals surface area (Å²) in [6, 6.07) is 9.81. The molecule has 0 spiro atoms. The molecule has 6 nitrogen and oxygen atoms in total. The Labute approximate surface area is 206 Å². The Morgan fingerprint density at radius 2 is 2.00 bits per heavy atom. The molecule has 0 saturated carbocycles. The first-order valence-corrected chi connectivity index (χ1v) is 12.0. The lowest BCUT2D eigenvalue weighted by Gasteiger charge is -2.35. The number of benzene rings is 2. The van der Waals surface area contributed by atoms with Crippen LogP contribution in [0.4, 0.5) is 13.2 Å². The molecule has 2 bridgehead atoms. The first-order valence-electron chi connectivity index (χ1n) is 12.0. The van der Waals surface area contributed by atoms with Crippen LogP contribution in [0.25, 0.3) is 11.0 Å². The Hall–Kier alpha value is -3.51. The molecule has 3 aromatic rings. The van der Waals surface area contributed by atoms with Crippen molar-refractivity contribution in [3.63, 3.8) is 0 Å². The van der Waals surface area contributed by atoms with Gasteiger partial charge in [0.15, 0.2) is 0 Å². The predicted molar refractivity (Wildman–Crippen MR) is 128 cm³/mol. The molecule has 3 aliphatic heterocycles. The fraction of sp³-hybridized carbons (Fsp3) is 0.407.